The highest BCUT2D eigenvalue weighted by molar-refractivity contribution is 5.93. The minimum absolute atomic E-state index is 0.109. The molecule has 0 radical (unpaired) electrons. The van der Waals surface area contributed by atoms with Gasteiger partial charge in [0.1, 0.15) is 5.56 Å². The molecule has 1 aromatic heterocycles. The third kappa shape index (κ3) is 1.83. The highest BCUT2D eigenvalue weighted by atomic mass is 16.6. The van der Waals surface area contributed by atoms with Crippen LogP contribution in [0.25, 0.3) is 10.9 Å². The third-order valence-corrected chi connectivity index (χ3v) is 3.40. The molecule has 0 atom stereocenters. The number of rotatable bonds is 3. The summed E-state index contributed by atoms with van der Waals surface area (Å²) < 4.78 is 1.66. The molecule has 20 heavy (non-hydrogen) atoms. The van der Waals surface area contributed by atoms with Crippen LogP contribution in [0, 0.1) is 10.1 Å². The fourth-order valence-corrected chi connectivity index (χ4v) is 2.26. The first kappa shape index (κ1) is 12.3. The van der Waals surface area contributed by atoms with E-state index in [4.69, 9.17) is 5.11 Å². The van der Waals surface area contributed by atoms with Gasteiger partial charge in [-0.25, -0.2) is 4.79 Å². The zero-order valence-electron chi connectivity index (χ0n) is 10.3. The Labute approximate surface area is 112 Å². The fourth-order valence-electron chi connectivity index (χ4n) is 2.26. The smallest absolute Gasteiger partial charge is 0.341 e. The van der Waals surface area contributed by atoms with Crippen LogP contribution in [0.4, 0.5) is 5.69 Å². The number of hydrogen-bond acceptors (Lipinski definition) is 4. The van der Waals surface area contributed by atoms with Crippen LogP contribution in [-0.4, -0.2) is 20.6 Å². The molecule has 102 valence electrons. The average Bonchev–Trinajstić information content (AvgIpc) is 3.22. The summed E-state index contributed by atoms with van der Waals surface area (Å²) in [7, 11) is 0. The van der Waals surface area contributed by atoms with Gasteiger partial charge in [0.05, 0.1) is 10.4 Å². The van der Waals surface area contributed by atoms with E-state index in [-0.39, 0.29) is 22.7 Å². The summed E-state index contributed by atoms with van der Waals surface area (Å²) >= 11 is 0. The molecule has 7 nitrogen and oxygen atoms in total. The molecule has 1 aliphatic carbocycles. The Bertz CT molecular complexity index is 804. The monoisotopic (exact) mass is 274 g/mol. The maximum atomic E-state index is 12.1. The Kier molecular flexibility index (Phi) is 2.56. The molecule has 0 aliphatic heterocycles. The number of fused-ring (bicyclic) bond motifs is 1. The molecule has 1 fully saturated rings. The summed E-state index contributed by atoms with van der Waals surface area (Å²) in [4.78, 5) is 33.5. The first-order chi connectivity index (χ1) is 9.49. The SMILES string of the molecule is O=C(O)c1cn(C2CC2)c2cc([N+](=O)[O-])ccc2c1=O. The molecule has 1 aromatic carbocycles. The molecular weight excluding hydrogens is 264 g/mol. The lowest BCUT2D eigenvalue weighted by atomic mass is 10.1. The number of carboxylic acid groups (broad SMARTS) is 1. The fraction of sp³-hybridized carbons (Fsp3) is 0.231. The van der Waals surface area contributed by atoms with Gasteiger partial charge >= 0.3 is 5.97 Å². The topological polar surface area (TPSA) is 102 Å². The van der Waals surface area contributed by atoms with Crippen molar-refractivity contribution in [1.29, 1.82) is 0 Å². The Hall–Kier alpha value is -2.70. The summed E-state index contributed by atoms with van der Waals surface area (Å²) in [5, 5.41) is 20.1. The van der Waals surface area contributed by atoms with Gasteiger partial charge in [0, 0.05) is 29.8 Å². The standard InChI is InChI=1S/C13H10N2O5/c16-12-9-4-3-8(15(19)20)5-11(9)14(7-1-2-7)6-10(12)13(17)18/h3-7H,1-2H2,(H,17,18). The molecule has 0 saturated heterocycles. The number of hydrogen-bond donors (Lipinski definition) is 1. The Morgan fingerprint density at radius 1 is 1.40 bits per heavy atom. The number of pyridine rings is 1. The Balaban J connectivity index is 2.39. The number of benzene rings is 1. The van der Waals surface area contributed by atoms with Crippen LogP contribution in [0.1, 0.15) is 29.2 Å². The van der Waals surface area contributed by atoms with E-state index in [0.717, 1.165) is 12.8 Å². The molecule has 1 heterocycles. The summed E-state index contributed by atoms with van der Waals surface area (Å²) in [6.45, 7) is 0. The zero-order chi connectivity index (χ0) is 14.4. The van der Waals surface area contributed by atoms with Crippen molar-refractivity contribution < 1.29 is 14.8 Å². The predicted molar refractivity (Wildman–Crippen MR) is 70.1 cm³/mol. The second kappa shape index (κ2) is 4.16. The molecule has 3 rings (SSSR count). The Morgan fingerprint density at radius 2 is 2.10 bits per heavy atom. The van der Waals surface area contributed by atoms with Crippen LogP contribution in [0.2, 0.25) is 0 Å². The van der Waals surface area contributed by atoms with Gasteiger partial charge in [-0.05, 0) is 18.9 Å². The van der Waals surface area contributed by atoms with Gasteiger partial charge < -0.3 is 9.67 Å². The lowest BCUT2D eigenvalue weighted by Gasteiger charge is -2.10. The summed E-state index contributed by atoms with van der Waals surface area (Å²) in [6, 6.07) is 3.97. The van der Waals surface area contributed by atoms with E-state index < -0.39 is 16.3 Å². The molecule has 0 amide bonds. The van der Waals surface area contributed by atoms with E-state index >= 15 is 0 Å². The van der Waals surface area contributed by atoms with Gasteiger partial charge in [0.15, 0.2) is 0 Å². The third-order valence-electron chi connectivity index (χ3n) is 3.40. The first-order valence-corrected chi connectivity index (χ1v) is 6.05. The highest BCUT2D eigenvalue weighted by Gasteiger charge is 2.27. The summed E-state index contributed by atoms with van der Waals surface area (Å²) in [5.74, 6) is -1.29. The number of carboxylic acids is 1. The zero-order valence-corrected chi connectivity index (χ0v) is 10.3. The van der Waals surface area contributed by atoms with Gasteiger partial charge in [-0.3, -0.25) is 14.9 Å². The lowest BCUT2D eigenvalue weighted by Crippen LogP contribution is -2.18. The molecule has 0 unspecified atom stereocenters. The van der Waals surface area contributed by atoms with E-state index in [2.05, 4.69) is 0 Å². The molecule has 1 N–H and O–H groups in total. The number of carbonyl (C=O) groups is 1. The first-order valence-electron chi connectivity index (χ1n) is 6.05. The van der Waals surface area contributed by atoms with Crippen LogP contribution in [0.3, 0.4) is 0 Å². The van der Waals surface area contributed by atoms with Crippen LogP contribution in [0.15, 0.2) is 29.2 Å². The number of nitrogens with zero attached hydrogens (tertiary/aromatic N) is 2. The van der Waals surface area contributed by atoms with Crippen LogP contribution in [-0.2, 0) is 0 Å². The number of nitro benzene ring substituents is 1. The lowest BCUT2D eigenvalue weighted by molar-refractivity contribution is -0.384. The van der Waals surface area contributed by atoms with Crippen LogP contribution < -0.4 is 5.43 Å². The molecule has 0 spiro atoms. The van der Waals surface area contributed by atoms with E-state index in [1.54, 1.807) is 4.57 Å². The van der Waals surface area contributed by atoms with Crippen molar-refractivity contribution >= 4 is 22.6 Å². The summed E-state index contributed by atoms with van der Waals surface area (Å²) in [6.07, 6.45) is 3.04. The molecule has 1 saturated carbocycles. The van der Waals surface area contributed by atoms with Crippen molar-refractivity contribution in [2.75, 3.05) is 0 Å². The van der Waals surface area contributed by atoms with Gasteiger partial charge in [0.25, 0.3) is 5.69 Å². The number of non-ortho nitro benzene ring substituents is 1. The van der Waals surface area contributed by atoms with Gasteiger partial charge in [-0.1, -0.05) is 0 Å². The van der Waals surface area contributed by atoms with Crippen molar-refractivity contribution in [3.8, 4) is 0 Å². The minimum Gasteiger partial charge on any atom is -0.477 e. The largest absolute Gasteiger partial charge is 0.477 e. The van der Waals surface area contributed by atoms with Crippen LogP contribution >= 0.6 is 0 Å². The van der Waals surface area contributed by atoms with Crippen LogP contribution in [0.5, 0.6) is 0 Å². The normalized spacial score (nSPS) is 14.4. The number of nitro groups is 1. The number of aromatic nitrogens is 1. The summed E-state index contributed by atoms with van der Waals surface area (Å²) in [5.41, 5.74) is -0.622. The minimum atomic E-state index is -1.29. The maximum absolute atomic E-state index is 12.1. The van der Waals surface area contributed by atoms with E-state index in [1.807, 2.05) is 0 Å². The molecular formula is C13H10N2O5. The van der Waals surface area contributed by atoms with Crippen molar-refractivity contribution in [3.05, 3.63) is 50.3 Å². The van der Waals surface area contributed by atoms with Crippen molar-refractivity contribution in [2.45, 2.75) is 18.9 Å². The highest BCUT2D eigenvalue weighted by Crippen LogP contribution is 2.37. The van der Waals surface area contributed by atoms with Gasteiger partial charge in [-0.15, -0.1) is 0 Å². The Morgan fingerprint density at radius 3 is 2.65 bits per heavy atom. The molecule has 1 aliphatic rings. The quantitative estimate of drug-likeness (QED) is 0.680. The predicted octanol–water partition coefficient (Wildman–Crippen LogP) is 1.94. The van der Waals surface area contributed by atoms with E-state index in [9.17, 15) is 19.7 Å². The second-order valence-corrected chi connectivity index (χ2v) is 4.77. The number of aromatic carboxylic acids is 1. The van der Waals surface area contributed by atoms with Gasteiger partial charge in [0.2, 0.25) is 5.43 Å². The average molecular weight is 274 g/mol. The van der Waals surface area contributed by atoms with E-state index in [1.165, 1.54) is 24.4 Å². The van der Waals surface area contributed by atoms with Crippen molar-refractivity contribution in [1.82, 2.24) is 4.57 Å². The van der Waals surface area contributed by atoms with E-state index in [0.29, 0.717) is 5.52 Å². The second-order valence-electron chi connectivity index (χ2n) is 4.77. The van der Waals surface area contributed by atoms with Crippen molar-refractivity contribution in [3.63, 3.8) is 0 Å². The molecule has 2 aromatic rings. The van der Waals surface area contributed by atoms with Gasteiger partial charge in [-0.2, -0.15) is 0 Å². The molecule has 0 bridgehead atoms. The maximum Gasteiger partial charge on any atom is 0.341 e. The molecule has 7 heteroatoms. The van der Waals surface area contributed by atoms with Crippen molar-refractivity contribution in [2.24, 2.45) is 0 Å².